The molecule has 7 nitrogen and oxygen atoms in total. The third kappa shape index (κ3) is 4.28. The summed E-state index contributed by atoms with van der Waals surface area (Å²) in [7, 11) is 2.19. The number of hydrogen-bond acceptors (Lipinski definition) is 6. The van der Waals surface area contributed by atoms with E-state index < -0.39 is 0 Å². The maximum absolute atomic E-state index is 5.76. The van der Waals surface area contributed by atoms with Crippen molar-refractivity contribution in [2.45, 2.75) is 51.8 Å². The average Bonchev–Trinajstić information content (AvgIpc) is 3.18. The molecule has 0 saturated carbocycles. The Morgan fingerprint density at radius 1 is 1.22 bits per heavy atom. The molecule has 0 amide bonds. The minimum absolute atomic E-state index is 0.268. The Morgan fingerprint density at radius 3 is 2.65 bits per heavy atom. The minimum Gasteiger partial charge on any atom is -0.376 e. The highest BCUT2D eigenvalue weighted by atomic mass is 16.5. The van der Waals surface area contributed by atoms with E-state index in [1.54, 1.807) is 0 Å². The molecule has 0 bridgehead atoms. The van der Waals surface area contributed by atoms with Crippen LogP contribution in [0.1, 0.15) is 45.0 Å². The van der Waals surface area contributed by atoms with Crippen LogP contribution in [-0.2, 0) is 11.3 Å². The van der Waals surface area contributed by atoms with Crippen molar-refractivity contribution in [3.8, 4) is 0 Å². The van der Waals surface area contributed by atoms with E-state index in [0.29, 0.717) is 12.0 Å². The van der Waals surface area contributed by atoms with Gasteiger partial charge in [0.1, 0.15) is 0 Å². The molecule has 130 valence electrons. The number of ether oxygens (including phenoxy) is 1. The molecule has 1 aromatic heterocycles. The van der Waals surface area contributed by atoms with Crippen LogP contribution in [0.5, 0.6) is 0 Å². The second kappa shape index (κ2) is 7.68. The highest BCUT2D eigenvalue weighted by Gasteiger charge is 2.30. The van der Waals surface area contributed by atoms with Crippen LogP contribution in [0.25, 0.3) is 0 Å². The number of aromatic nitrogens is 4. The van der Waals surface area contributed by atoms with Crippen LogP contribution in [0.3, 0.4) is 0 Å². The Morgan fingerprint density at radius 2 is 2.00 bits per heavy atom. The zero-order valence-corrected chi connectivity index (χ0v) is 14.7. The van der Waals surface area contributed by atoms with E-state index in [2.05, 4.69) is 46.2 Å². The molecular formula is C16H30N6O. The Labute approximate surface area is 139 Å². The first-order chi connectivity index (χ1) is 11.1. The Kier molecular flexibility index (Phi) is 5.61. The monoisotopic (exact) mass is 322 g/mol. The Balaban J connectivity index is 1.75. The molecule has 7 heteroatoms. The third-order valence-electron chi connectivity index (χ3n) is 4.93. The summed E-state index contributed by atoms with van der Waals surface area (Å²) in [6.45, 7) is 10.6. The molecule has 0 aromatic carbocycles. The van der Waals surface area contributed by atoms with E-state index in [4.69, 9.17) is 4.74 Å². The van der Waals surface area contributed by atoms with E-state index in [9.17, 15) is 0 Å². The summed E-state index contributed by atoms with van der Waals surface area (Å²) in [5, 5.41) is 12.6. The van der Waals surface area contributed by atoms with Crippen molar-refractivity contribution in [3.05, 3.63) is 5.82 Å². The van der Waals surface area contributed by atoms with Crippen molar-refractivity contribution in [2.75, 3.05) is 39.8 Å². The van der Waals surface area contributed by atoms with Crippen molar-refractivity contribution in [3.63, 3.8) is 0 Å². The molecule has 1 aromatic rings. The molecule has 3 rings (SSSR count). The van der Waals surface area contributed by atoms with Crippen LogP contribution in [0.2, 0.25) is 0 Å². The molecule has 2 aliphatic heterocycles. The first-order valence-electron chi connectivity index (χ1n) is 8.93. The second-order valence-electron chi connectivity index (χ2n) is 7.34. The molecule has 3 heterocycles. The van der Waals surface area contributed by atoms with Gasteiger partial charge in [0.2, 0.25) is 0 Å². The van der Waals surface area contributed by atoms with Crippen molar-refractivity contribution in [2.24, 2.45) is 5.92 Å². The van der Waals surface area contributed by atoms with Crippen LogP contribution >= 0.6 is 0 Å². The molecule has 0 radical (unpaired) electrons. The van der Waals surface area contributed by atoms with Crippen molar-refractivity contribution in [1.82, 2.24) is 30.0 Å². The smallest absolute Gasteiger partial charge is 0.168 e. The fraction of sp³-hybridized carbons (Fsp3) is 0.938. The van der Waals surface area contributed by atoms with Gasteiger partial charge in [0.25, 0.3) is 0 Å². The Hall–Kier alpha value is -1.05. The zero-order valence-electron chi connectivity index (χ0n) is 14.7. The van der Waals surface area contributed by atoms with Gasteiger partial charge in [0, 0.05) is 32.8 Å². The van der Waals surface area contributed by atoms with Gasteiger partial charge in [-0.3, -0.25) is 4.90 Å². The Bertz CT molecular complexity index is 477. The molecule has 0 unspecified atom stereocenters. The number of piperazine rings is 1. The van der Waals surface area contributed by atoms with Crippen molar-refractivity contribution in [1.29, 1.82) is 0 Å². The number of nitrogens with zero attached hydrogens (tertiary/aromatic N) is 6. The van der Waals surface area contributed by atoms with Crippen LogP contribution in [0.15, 0.2) is 0 Å². The van der Waals surface area contributed by atoms with E-state index in [0.717, 1.165) is 64.4 Å². The van der Waals surface area contributed by atoms with Crippen LogP contribution in [0.4, 0.5) is 0 Å². The summed E-state index contributed by atoms with van der Waals surface area (Å²) in [6.07, 6.45) is 3.62. The average molecular weight is 322 g/mol. The van der Waals surface area contributed by atoms with E-state index >= 15 is 0 Å². The number of rotatable bonds is 6. The van der Waals surface area contributed by atoms with Gasteiger partial charge in [-0.1, -0.05) is 13.8 Å². The maximum atomic E-state index is 5.76. The van der Waals surface area contributed by atoms with Gasteiger partial charge in [-0.05, 0) is 42.7 Å². The summed E-state index contributed by atoms with van der Waals surface area (Å²) in [5.74, 6) is 1.63. The largest absolute Gasteiger partial charge is 0.376 e. The van der Waals surface area contributed by atoms with Crippen LogP contribution in [0, 0.1) is 5.92 Å². The summed E-state index contributed by atoms with van der Waals surface area (Å²) in [4.78, 5) is 4.94. The SMILES string of the molecule is CC(C)C[C@H](c1nnnn1C[C@H]1CCCO1)N1CCN(C)CC1. The van der Waals surface area contributed by atoms with Gasteiger partial charge in [-0.15, -0.1) is 5.10 Å². The number of likely N-dealkylation sites (N-methyl/N-ethyl adjacent to an activating group) is 1. The summed E-state index contributed by atoms with van der Waals surface area (Å²) in [6, 6.07) is 0.306. The molecule has 23 heavy (non-hydrogen) atoms. The van der Waals surface area contributed by atoms with Crippen LogP contribution in [-0.4, -0.2) is 75.9 Å². The van der Waals surface area contributed by atoms with Gasteiger partial charge in [0.15, 0.2) is 5.82 Å². The first-order valence-corrected chi connectivity index (χ1v) is 8.93. The quantitative estimate of drug-likeness (QED) is 0.784. The van der Waals surface area contributed by atoms with Gasteiger partial charge in [-0.2, -0.15) is 0 Å². The van der Waals surface area contributed by atoms with Crippen molar-refractivity contribution < 1.29 is 4.74 Å². The molecule has 0 spiro atoms. The standard InChI is InChI=1S/C16H30N6O/c1-13(2)11-15(21-8-6-20(3)7-9-21)16-17-18-19-22(16)12-14-5-4-10-23-14/h13-15H,4-12H2,1-3H3/t14-,15-/m1/s1. The summed E-state index contributed by atoms with van der Waals surface area (Å²) < 4.78 is 7.75. The molecule has 2 saturated heterocycles. The molecule has 2 aliphatic rings. The fourth-order valence-electron chi connectivity index (χ4n) is 3.56. The molecule has 2 fully saturated rings. The lowest BCUT2D eigenvalue weighted by Crippen LogP contribution is -2.46. The van der Waals surface area contributed by atoms with Gasteiger partial charge in [-0.25, -0.2) is 4.68 Å². The zero-order chi connectivity index (χ0) is 16.2. The lowest BCUT2D eigenvalue weighted by Gasteiger charge is -2.38. The van der Waals surface area contributed by atoms with Crippen molar-refractivity contribution >= 4 is 0 Å². The predicted octanol–water partition coefficient (Wildman–Crippen LogP) is 1.19. The minimum atomic E-state index is 0.268. The van der Waals surface area contributed by atoms with Gasteiger partial charge >= 0.3 is 0 Å². The molecule has 2 atom stereocenters. The highest BCUT2D eigenvalue weighted by Crippen LogP contribution is 2.27. The highest BCUT2D eigenvalue weighted by molar-refractivity contribution is 4.96. The van der Waals surface area contributed by atoms with Gasteiger partial charge in [0.05, 0.1) is 18.7 Å². The lowest BCUT2D eigenvalue weighted by molar-refractivity contribution is 0.0789. The normalized spacial score (nSPS) is 25.3. The van der Waals surface area contributed by atoms with E-state index in [1.165, 1.54) is 0 Å². The van der Waals surface area contributed by atoms with E-state index in [-0.39, 0.29) is 6.10 Å². The predicted molar refractivity (Wildman–Crippen MR) is 88.1 cm³/mol. The second-order valence-corrected chi connectivity index (χ2v) is 7.34. The summed E-state index contributed by atoms with van der Waals surface area (Å²) in [5.41, 5.74) is 0. The molecular weight excluding hydrogens is 292 g/mol. The topological polar surface area (TPSA) is 59.3 Å². The lowest BCUT2D eigenvalue weighted by atomic mass is 10.0. The molecule has 0 aliphatic carbocycles. The molecule has 0 N–H and O–H groups in total. The fourth-order valence-corrected chi connectivity index (χ4v) is 3.56. The van der Waals surface area contributed by atoms with Gasteiger partial charge < -0.3 is 9.64 Å². The van der Waals surface area contributed by atoms with Crippen LogP contribution < -0.4 is 0 Å². The maximum Gasteiger partial charge on any atom is 0.168 e. The first kappa shape index (κ1) is 16.8. The number of tetrazole rings is 1. The summed E-state index contributed by atoms with van der Waals surface area (Å²) >= 11 is 0. The third-order valence-corrected chi connectivity index (χ3v) is 4.93. The van der Waals surface area contributed by atoms with E-state index in [1.807, 2.05) is 4.68 Å². The number of hydrogen-bond donors (Lipinski definition) is 0.